The third-order valence-electron chi connectivity index (χ3n) is 4.96. The van der Waals surface area contributed by atoms with Crippen molar-refractivity contribution in [3.63, 3.8) is 0 Å². The van der Waals surface area contributed by atoms with Crippen LogP contribution in [0.25, 0.3) is 0 Å². The van der Waals surface area contributed by atoms with E-state index in [0.29, 0.717) is 17.7 Å². The van der Waals surface area contributed by atoms with E-state index < -0.39 is 0 Å². The molecule has 0 aliphatic rings. The molecule has 1 atom stereocenters. The molecule has 0 rings (SSSR count). The molecule has 0 radical (unpaired) electrons. The van der Waals surface area contributed by atoms with E-state index in [0.717, 1.165) is 12.8 Å². The average molecular weight is 330 g/mol. The Kier molecular flexibility index (Phi) is 18.1. The first-order valence-corrected chi connectivity index (χ1v) is 10.4. The van der Waals surface area contributed by atoms with E-state index in [1.54, 1.807) is 0 Å². The summed E-state index contributed by atoms with van der Waals surface area (Å²) in [5.41, 5.74) is 0. The average Bonchev–Trinajstić information content (AvgIpc) is 2.53. The molecule has 3 nitrogen and oxygen atoms in total. The summed E-state index contributed by atoms with van der Waals surface area (Å²) in [5, 5.41) is 18.1. The van der Waals surface area contributed by atoms with Crippen LogP contribution >= 0.6 is 0 Å². The number of unbranched alkanes of at least 4 members (excludes halogenated alkanes) is 13. The first kappa shape index (κ1) is 22.9. The van der Waals surface area contributed by atoms with Crippen LogP contribution in [-0.4, -0.2) is 22.2 Å². The molecular weight excluding hydrogens is 286 g/mol. The molecule has 0 aliphatic carbocycles. The summed E-state index contributed by atoms with van der Waals surface area (Å²) < 4.78 is 0. The van der Waals surface area contributed by atoms with Crippen molar-refractivity contribution in [3.05, 3.63) is 0 Å². The molecule has 0 saturated heterocycles. The van der Waals surface area contributed by atoms with Gasteiger partial charge >= 0.3 is 0 Å². The summed E-state index contributed by atoms with van der Waals surface area (Å²) in [6, 6.07) is 0. The van der Waals surface area contributed by atoms with E-state index in [-0.39, 0.29) is 0 Å². The van der Waals surface area contributed by atoms with Gasteiger partial charge in [-0.15, -0.1) is 0 Å². The van der Waals surface area contributed by atoms with Crippen LogP contribution in [0.3, 0.4) is 0 Å². The summed E-state index contributed by atoms with van der Waals surface area (Å²) in [6.07, 6.45) is 21.6. The summed E-state index contributed by atoms with van der Waals surface area (Å²) >= 11 is 0. The van der Waals surface area contributed by atoms with Crippen molar-refractivity contribution in [2.45, 2.75) is 117 Å². The molecule has 0 spiro atoms. The van der Waals surface area contributed by atoms with E-state index in [2.05, 4.69) is 13.8 Å². The second kappa shape index (κ2) is 18.2. The van der Waals surface area contributed by atoms with E-state index >= 15 is 0 Å². The van der Waals surface area contributed by atoms with Gasteiger partial charge in [-0.3, -0.25) is 10.4 Å². The second-order valence-electron chi connectivity index (χ2n) is 7.21. The highest BCUT2D eigenvalue weighted by molar-refractivity contribution is 4.58. The van der Waals surface area contributed by atoms with Crippen molar-refractivity contribution in [1.29, 1.82) is 0 Å². The molecule has 0 heterocycles. The molecular formula is C20H43NO2. The van der Waals surface area contributed by atoms with Crippen molar-refractivity contribution < 1.29 is 10.4 Å². The lowest BCUT2D eigenvalue weighted by atomic mass is 9.97. The predicted octanol–water partition coefficient (Wildman–Crippen LogP) is 6.96. The highest BCUT2D eigenvalue weighted by Gasteiger charge is 2.08. The lowest BCUT2D eigenvalue weighted by Gasteiger charge is -2.16. The first-order chi connectivity index (χ1) is 11.2. The largest absolute Gasteiger partial charge is 0.290 e. The minimum absolute atomic E-state index is 0.345. The molecule has 0 amide bonds. The normalized spacial score (nSPS) is 12.9. The Hall–Kier alpha value is -0.120. The number of hydrogen-bond donors (Lipinski definition) is 2. The Balaban J connectivity index is 3.15. The number of rotatable bonds is 18. The molecule has 0 saturated carbocycles. The quantitative estimate of drug-likeness (QED) is 0.211. The molecule has 2 N–H and O–H groups in total. The van der Waals surface area contributed by atoms with Crippen LogP contribution in [-0.2, 0) is 0 Å². The van der Waals surface area contributed by atoms with Crippen molar-refractivity contribution in [3.8, 4) is 0 Å². The zero-order valence-electron chi connectivity index (χ0n) is 15.9. The third kappa shape index (κ3) is 18.1. The molecule has 0 bridgehead atoms. The topological polar surface area (TPSA) is 43.7 Å². The predicted molar refractivity (Wildman–Crippen MR) is 99.0 cm³/mol. The first-order valence-electron chi connectivity index (χ1n) is 10.4. The Morgan fingerprint density at radius 3 is 1.35 bits per heavy atom. The van der Waals surface area contributed by atoms with Crippen LogP contribution in [0, 0.1) is 5.92 Å². The maximum atomic E-state index is 8.86. The van der Waals surface area contributed by atoms with Crippen molar-refractivity contribution in [2.75, 3.05) is 6.54 Å². The molecule has 0 aromatic heterocycles. The summed E-state index contributed by atoms with van der Waals surface area (Å²) in [7, 11) is 0. The van der Waals surface area contributed by atoms with Crippen molar-refractivity contribution >= 4 is 0 Å². The monoisotopic (exact) mass is 329 g/mol. The minimum atomic E-state index is 0.345. The van der Waals surface area contributed by atoms with Gasteiger partial charge in [0.25, 0.3) is 0 Å². The van der Waals surface area contributed by atoms with Gasteiger partial charge in [0, 0.05) is 0 Å². The van der Waals surface area contributed by atoms with E-state index in [4.69, 9.17) is 10.4 Å². The van der Waals surface area contributed by atoms with Crippen LogP contribution in [0.15, 0.2) is 0 Å². The fourth-order valence-corrected chi connectivity index (χ4v) is 3.28. The summed E-state index contributed by atoms with van der Waals surface area (Å²) in [4.78, 5) is 0. The van der Waals surface area contributed by atoms with Gasteiger partial charge in [0.2, 0.25) is 0 Å². The number of nitrogens with zero attached hydrogens (tertiary/aromatic N) is 1. The fraction of sp³-hybridized carbons (Fsp3) is 1.00. The standard InChI is InChI=1S/C20H43NO2/c1-3-5-6-7-8-9-10-11-12-13-14-15-16-17-18-20(4-2)19-21(22)23/h20,22-23H,3-19H2,1-2H3. The maximum Gasteiger partial charge on any atom is 0.0541 e. The molecule has 140 valence electrons. The highest BCUT2D eigenvalue weighted by atomic mass is 16.8. The molecule has 1 unspecified atom stereocenters. The zero-order chi connectivity index (χ0) is 17.2. The molecule has 3 heteroatoms. The number of hydrogen-bond acceptors (Lipinski definition) is 3. The van der Waals surface area contributed by atoms with Crippen molar-refractivity contribution in [2.24, 2.45) is 5.92 Å². The lowest BCUT2D eigenvalue weighted by Crippen LogP contribution is -2.22. The Labute approximate surface area is 145 Å². The summed E-state index contributed by atoms with van der Waals surface area (Å²) in [6.45, 7) is 4.78. The van der Waals surface area contributed by atoms with E-state index in [1.807, 2.05) is 0 Å². The third-order valence-corrected chi connectivity index (χ3v) is 4.96. The van der Waals surface area contributed by atoms with Crippen molar-refractivity contribution in [1.82, 2.24) is 5.23 Å². The molecule has 0 aliphatic heterocycles. The minimum Gasteiger partial charge on any atom is -0.290 e. The van der Waals surface area contributed by atoms with Gasteiger partial charge in [-0.05, 0) is 12.3 Å². The van der Waals surface area contributed by atoms with Gasteiger partial charge in [0.15, 0.2) is 0 Å². The Bertz CT molecular complexity index is 222. The van der Waals surface area contributed by atoms with Gasteiger partial charge in [-0.25, -0.2) is 0 Å². The zero-order valence-corrected chi connectivity index (χ0v) is 15.9. The van der Waals surface area contributed by atoms with Gasteiger partial charge in [-0.2, -0.15) is 0 Å². The van der Waals surface area contributed by atoms with E-state index in [9.17, 15) is 0 Å². The highest BCUT2D eigenvalue weighted by Crippen LogP contribution is 2.16. The molecule has 0 aromatic carbocycles. The van der Waals surface area contributed by atoms with Gasteiger partial charge in [0.05, 0.1) is 6.54 Å². The lowest BCUT2D eigenvalue weighted by molar-refractivity contribution is -0.312. The van der Waals surface area contributed by atoms with Gasteiger partial charge < -0.3 is 0 Å². The van der Waals surface area contributed by atoms with Crippen LogP contribution in [0.2, 0.25) is 0 Å². The fourth-order valence-electron chi connectivity index (χ4n) is 3.28. The van der Waals surface area contributed by atoms with Crippen LogP contribution < -0.4 is 0 Å². The maximum absolute atomic E-state index is 8.86. The Morgan fingerprint density at radius 1 is 0.609 bits per heavy atom. The van der Waals surface area contributed by atoms with Crippen LogP contribution in [0.5, 0.6) is 0 Å². The smallest absolute Gasteiger partial charge is 0.0541 e. The SMILES string of the molecule is CCCCCCCCCCCCCCCCC(CC)CN(O)O. The van der Waals surface area contributed by atoms with Crippen LogP contribution in [0.1, 0.15) is 117 Å². The Morgan fingerprint density at radius 2 is 1.00 bits per heavy atom. The second-order valence-corrected chi connectivity index (χ2v) is 7.21. The van der Waals surface area contributed by atoms with Crippen LogP contribution in [0.4, 0.5) is 0 Å². The number of hydroxylamine groups is 2. The molecule has 0 aromatic rings. The molecule has 0 fully saturated rings. The van der Waals surface area contributed by atoms with Gasteiger partial charge in [-0.1, -0.05) is 115 Å². The van der Waals surface area contributed by atoms with E-state index in [1.165, 1.54) is 89.9 Å². The van der Waals surface area contributed by atoms with Gasteiger partial charge in [0.1, 0.15) is 0 Å². The molecule has 23 heavy (non-hydrogen) atoms. The summed E-state index contributed by atoms with van der Waals surface area (Å²) in [5.74, 6) is 0.419.